The lowest BCUT2D eigenvalue weighted by molar-refractivity contribution is -0.127. The van der Waals surface area contributed by atoms with E-state index in [4.69, 9.17) is 0 Å². The highest BCUT2D eigenvalue weighted by Gasteiger charge is 2.17. The Labute approximate surface area is 115 Å². The van der Waals surface area contributed by atoms with Gasteiger partial charge in [-0.15, -0.1) is 0 Å². The number of carbonyl (C=O) groups excluding carboxylic acids is 2. The molecule has 0 radical (unpaired) electrons. The lowest BCUT2D eigenvalue weighted by Gasteiger charge is -2.23. The summed E-state index contributed by atoms with van der Waals surface area (Å²) in [7, 11) is 0. The number of hydrogen-bond acceptors (Lipinski definition) is 3. The number of rotatable bonds is 5. The molecule has 1 heterocycles. The van der Waals surface area contributed by atoms with Crippen molar-refractivity contribution in [2.75, 3.05) is 26.2 Å². The predicted molar refractivity (Wildman–Crippen MR) is 75.7 cm³/mol. The van der Waals surface area contributed by atoms with Crippen LogP contribution in [0.1, 0.15) is 40.0 Å². The van der Waals surface area contributed by atoms with Gasteiger partial charge in [-0.05, 0) is 37.3 Å². The summed E-state index contributed by atoms with van der Waals surface area (Å²) in [5.74, 6) is 0.345. The SMILES string of the molecule is CC(C)(C)CC(=O)NCC(=O)NCC1CCCNC1. The van der Waals surface area contributed by atoms with E-state index in [1.807, 2.05) is 20.8 Å². The van der Waals surface area contributed by atoms with E-state index in [2.05, 4.69) is 16.0 Å². The fourth-order valence-corrected chi connectivity index (χ4v) is 2.14. The first kappa shape index (κ1) is 16.0. The Bertz CT molecular complexity index is 304. The summed E-state index contributed by atoms with van der Waals surface area (Å²) >= 11 is 0. The molecule has 1 fully saturated rings. The quantitative estimate of drug-likeness (QED) is 0.686. The van der Waals surface area contributed by atoms with Crippen LogP contribution in [0.15, 0.2) is 0 Å². The third kappa shape index (κ3) is 7.82. The molecule has 1 aliphatic rings. The Morgan fingerprint density at radius 3 is 2.53 bits per heavy atom. The smallest absolute Gasteiger partial charge is 0.239 e. The van der Waals surface area contributed by atoms with Crippen LogP contribution in [-0.2, 0) is 9.59 Å². The van der Waals surface area contributed by atoms with E-state index in [1.165, 1.54) is 6.42 Å². The van der Waals surface area contributed by atoms with Gasteiger partial charge in [0.15, 0.2) is 0 Å². The molecule has 0 bridgehead atoms. The molecule has 1 aliphatic heterocycles. The molecule has 0 aliphatic carbocycles. The zero-order valence-corrected chi connectivity index (χ0v) is 12.3. The topological polar surface area (TPSA) is 70.2 Å². The predicted octanol–water partition coefficient (Wildman–Crippen LogP) is 0.655. The molecular formula is C14H27N3O2. The maximum Gasteiger partial charge on any atom is 0.239 e. The average Bonchev–Trinajstić information content (AvgIpc) is 2.33. The lowest BCUT2D eigenvalue weighted by atomic mass is 9.92. The van der Waals surface area contributed by atoms with Gasteiger partial charge in [0.2, 0.25) is 11.8 Å². The van der Waals surface area contributed by atoms with Crippen molar-refractivity contribution in [1.82, 2.24) is 16.0 Å². The third-order valence-electron chi connectivity index (χ3n) is 3.12. The molecule has 1 saturated heterocycles. The number of piperidine rings is 1. The van der Waals surface area contributed by atoms with Crippen molar-refractivity contribution in [3.05, 3.63) is 0 Å². The summed E-state index contributed by atoms with van der Waals surface area (Å²) in [5, 5.41) is 8.85. The Kier molecular flexibility index (Phi) is 6.28. The molecule has 1 atom stereocenters. The minimum absolute atomic E-state index is 0.0473. The summed E-state index contributed by atoms with van der Waals surface area (Å²) in [5.41, 5.74) is -0.0473. The summed E-state index contributed by atoms with van der Waals surface area (Å²) in [6.07, 6.45) is 2.76. The molecule has 1 unspecified atom stereocenters. The van der Waals surface area contributed by atoms with Gasteiger partial charge >= 0.3 is 0 Å². The van der Waals surface area contributed by atoms with Crippen LogP contribution >= 0.6 is 0 Å². The van der Waals surface area contributed by atoms with Crippen molar-refractivity contribution >= 4 is 11.8 Å². The zero-order valence-electron chi connectivity index (χ0n) is 12.3. The van der Waals surface area contributed by atoms with Gasteiger partial charge in [0.05, 0.1) is 6.54 Å². The Hall–Kier alpha value is -1.10. The van der Waals surface area contributed by atoms with E-state index < -0.39 is 0 Å². The first-order valence-corrected chi connectivity index (χ1v) is 7.11. The van der Waals surface area contributed by atoms with Gasteiger partial charge in [-0.1, -0.05) is 20.8 Å². The van der Waals surface area contributed by atoms with E-state index in [0.717, 1.165) is 19.5 Å². The van der Waals surface area contributed by atoms with Crippen molar-refractivity contribution in [2.24, 2.45) is 11.3 Å². The zero-order chi connectivity index (χ0) is 14.3. The maximum atomic E-state index is 11.6. The van der Waals surface area contributed by atoms with Crippen molar-refractivity contribution in [3.8, 4) is 0 Å². The minimum Gasteiger partial charge on any atom is -0.354 e. The largest absolute Gasteiger partial charge is 0.354 e. The van der Waals surface area contributed by atoms with Gasteiger partial charge in [0.25, 0.3) is 0 Å². The molecule has 5 nitrogen and oxygen atoms in total. The van der Waals surface area contributed by atoms with Gasteiger partial charge in [0.1, 0.15) is 0 Å². The van der Waals surface area contributed by atoms with Crippen LogP contribution < -0.4 is 16.0 Å². The van der Waals surface area contributed by atoms with Crippen molar-refractivity contribution in [3.63, 3.8) is 0 Å². The molecule has 5 heteroatoms. The molecule has 1 rings (SSSR count). The summed E-state index contributed by atoms with van der Waals surface area (Å²) < 4.78 is 0. The van der Waals surface area contributed by atoms with Crippen LogP contribution in [0.3, 0.4) is 0 Å². The van der Waals surface area contributed by atoms with Crippen LogP contribution in [-0.4, -0.2) is 38.0 Å². The summed E-state index contributed by atoms with van der Waals surface area (Å²) in [6.45, 7) is 8.83. The van der Waals surface area contributed by atoms with Crippen molar-refractivity contribution in [2.45, 2.75) is 40.0 Å². The summed E-state index contributed by atoms with van der Waals surface area (Å²) in [6, 6.07) is 0. The van der Waals surface area contributed by atoms with Crippen molar-refractivity contribution < 1.29 is 9.59 Å². The lowest BCUT2D eigenvalue weighted by Crippen LogP contribution is -2.42. The molecule has 2 amide bonds. The number of nitrogens with one attached hydrogen (secondary N) is 3. The van der Waals surface area contributed by atoms with Crippen LogP contribution in [0.25, 0.3) is 0 Å². The van der Waals surface area contributed by atoms with Crippen LogP contribution in [0.5, 0.6) is 0 Å². The normalized spacial score (nSPS) is 19.8. The van der Waals surface area contributed by atoms with Crippen LogP contribution in [0, 0.1) is 11.3 Å². The van der Waals surface area contributed by atoms with E-state index in [9.17, 15) is 9.59 Å². The van der Waals surface area contributed by atoms with Crippen LogP contribution in [0.2, 0.25) is 0 Å². The highest BCUT2D eigenvalue weighted by atomic mass is 16.2. The number of hydrogen-bond donors (Lipinski definition) is 3. The van der Waals surface area contributed by atoms with Gasteiger partial charge < -0.3 is 16.0 Å². The second-order valence-corrected chi connectivity index (χ2v) is 6.53. The molecule has 0 aromatic rings. The standard InChI is InChI=1S/C14H27N3O2/c1-14(2,3)7-12(18)17-10-13(19)16-9-11-5-4-6-15-8-11/h11,15H,4-10H2,1-3H3,(H,16,19)(H,17,18). The van der Waals surface area contributed by atoms with Gasteiger partial charge in [-0.2, -0.15) is 0 Å². The highest BCUT2D eigenvalue weighted by molar-refractivity contribution is 5.84. The average molecular weight is 269 g/mol. The molecule has 0 spiro atoms. The molecule has 3 N–H and O–H groups in total. The molecule has 110 valence electrons. The molecule has 19 heavy (non-hydrogen) atoms. The maximum absolute atomic E-state index is 11.6. The van der Waals surface area contributed by atoms with Gasteiger partial charge in [-0.3, -0.25) is 9.59 Å². The van der Waals surface area contributed by atoms with Crippen LogP contribution in [0.4, 0.5) is 0 Å². The summed E-state index contributed by atoms with van der Waals surface area (Å²) in [4.78, 5) is 23.2. The Balaban J connectivity index is 2.12. The second-order valence-electron chi connectivity index (χ2n) is 6.53. The first-order valence-electron chi connectivity index (χ1n) is 7.11. The molecule has 0 aromatic heterocycles. The fourth-order valence-electron chi connectivity index (χ4n) is 2.14. The molecular weight excluding hydrogens is 242 g/mol. The van der Waals surface area contributed by atoms with E-state index in [1.54, 1.807) is 0 Å². The third-order valence-corrected chi connectivity index (χ3v) is 3.12. The van der Waals surface area contributed by atoms with Gasteiger partial charge in [-0.25, -0.2) is 0 Å². The molecule has 0 saturated carbocycles. The molecule has 0 aromatic carbocycles. The van der Waals surface area contributed by atoms with E-state index in [0.29, 0.717) is 18.9 Å². The Morgan fingerprint density at radius 1 is 1.21 bits per heavy atom. The first-order chi connectivity index (χ1) is 8.87. The number of amides is 2. The monoisotopic (exact) mass is 269 g/mol. The fraction of sp³-hybridized carbons (Fsp3) is 0.857. The number of carbonyl (C=O) groups is 2. The second kappa shape index (κ2) is 7.48. The Morgan fingerprint density at radius 2 is 1.95 bits per heavy atom. The van der Waals surface area contributed by atoms with E-state index in [-0.39, 0.29) is 23.8 Å². The van der Waals surface area contributed by atoms with Gasteiger partial charge in [0, 0.05) is 13.0 Å². The van der Waals surface area contributed by atoms with E-state index >= 15 is 0 Å². The minimum atomic E-state index is -0.104. The van der Waals surface area contributed by atoms with Crippen molar-refractivity contribution in [1.29, 1.82) is 0 Å². The highest BCUT2D eigenvalue weighted by Crippen LogP contribution is 2.17.